The van der Waals surface area contributed by atoms with Crippen molar-refractivity contribution in [3.63, 3.8) is 0 Å². The van der Waals surface area contributed by atoms with E-state index in [9.17, 15) is 9.59 Å². The van der Waals surface area contributed by atoms with Crippen LogP contribution in [0.5, 0.6) is 0 Å². The number of rotatable bonds is 1. The summed E-state index contributed by atoms with van der Waals surface area (Å²) in [5, 5.41) is 4.61. The molecule has 2 aliphatic rings. The van der Waals surface area contributed by atoms with Gasteiger partial charge in [-0.05, 0) is 19.8 Å². The average Bonchev–Trinajstić information content (AvgIpc) is 2.77. The molecule has 0 unspecified atom stereocenters. The van der Waals surface area contributed by atoms with Gasteiger partial charge in [-0.2, -0.15) is 5.10 Å². The van der Waals surface area contributed by atoms with Gasteiger partial charge in [0.15, 0.2) is 0 Å². The number of likely N-dealkylation sites (N-methyl/N-ethyl adjacent to an activating group) is 1. The zero-order chi connectivity index (χ0) is 16.8. The summed E-state index contributed by atoms with van der Waals surface area (Å²) >= 11 is 6.21. The second-order valence-corrected chi connectivity index (χ2v) is 6.76. The summed E-state index contributed by atoms with van der Waals surface area (Å²) in [7, 11) is 3.52. The van der Waals surface area contributed by atoms with Crippen LogP contribution in [0.1, 0.15) is 29.0 Å². The van der Waals surface area contributed by atoms with Gasteiger partial charge in [-0.3, -0.25) is 14.3 Å². The molecule has 3 heterocycles. The second-order valence-electron chi connectivity index (χ2n) is 6.39. The van der Waals surface area contributed by atoms with Gasteiger partial charge in [-0.1, -0.05) is 11.6 Å². The standard InChI is InChI=1S/C15H21ClN4O3/c1-10-12(16)13(19(3)17-10)14(22)20-6-4-15(5-7-20)9-18(2)11(21)8-23-15/h4-9H2,1-3H3. The molecule has 0 bridgehead atoms. The fraction of sp³-hybridized carbons (Fsp3) is 0.667. The highest BCUT2D eigenvalue weighted by molar-refractivity contribution is 6.34. The Morgan fingerprint density at radius 2 is 1.96 bits per heavy atom. The third-order valence-electron chi connectivity index (χ3n) is 4.77. The fourth-order valence-electron chi connectivity index (χ4n) is 3.33. The fourth-order valence-corrected chi connectivity index (χ4v) is 3.57. The van der Waals surface area contributed by atoms with Gasteiger partial charge in [0.25, 0.3) is 5.91 Å². The van der Waals surface area contributed by atoms with E-state index < -0.39 is 0 Å². The Morgan fingerprint density at radius 1 is 1.30 bits per heavy atom. The molecule has 2 amide bonds. The number of carbonyl (C=O) groups is 2. The molecule has 126 valence electrons. The van der Waals surface area contributed by atoms with Crippen molar-refractivity contribution in [2.24, 2.45) is 7.05 Å². The summed E-state index contributed by atoms with van der Waals surface area (Å²) in [4.78, 5) is 27.8. The molecule has 1 aromatic rings. The first-order chi connectivity index (χ1) is 10.8. The minimum Gasteiger partial charge on any atom is -0.363 e. The molecule has 0 N–H and O–H groups in total. The summed E-state index contributed by atoms with van der Waals surface area (Å²) in [5.41, 5.74) is 0.754. The van der Waals surface area contributed by atoms with Crippen LogP contribution in [0.25, 0.3) is 0 Å². The van der Waals surface area contributed by atoms with Gasteiger partial charge < -0.3 is 14.5 Å². The van der Waals surface area contributed by atoms with Crippen molar-refractivity contribution >= 4 is 23.4 Å². The predicted molar refractivity (Wildman–Crippen MR) is 84.4 cm³/mol. The number of likely N-dealkylation sites (tertiary alicyclic amines) is 1. The quantitative estimate of drug-likeness (QED) is 0.760. The summed E-state index contributed by atoms with van der Waals surface area (Å²) in [6.07, 6.45) is 1.43. The Labute approximate surface area is 140 Å². The third kappa shape index (κ3) is 2.83. The van der Waals surface area contributed by atoms with Crippen LogP contribution < -0.4 is 0 Å². The van der Waals surface area contributed by atoms with Crippen LogP contribution in [0.4, 0.5) is 0 Å². The number of hydrogen-bond acceptors (Lipinski definition) is 4. The normalized spacial score (nSPS) is 21.1. The third-order valence-corrected chi connectivity index (χ3v) is 5.22. The molecule has 23 heavy (non-hydrogen) atoms. The van der Waals surface area contributed by atoms with Crippen LogP contribution in [0.2, 0.25) is 5.02 Å². The van der Waals surface area contributed by atoms with Crippen LogP contribution in [0.3, 0.4) is 0 Å². The summed E-state index contributed by atoms with van der Waals surface area (Å²) in [6.45, 7) is 3.66. The maximum Gasteiger partial charge on any atom is 0.273 e. The first kappa shape index (κ1) is 16.3. The molecule has 8 heteroatoms. The number of aromatic nitrogens is 2. The van der Waals surface area contributed by atoms with E-state index in [1.165, 1.54) is 4.68 Å². The molecule has 1 spiro atoms. The number of hydrogen-bond donors (Lipinski definition) is 0. The lowest BCUT2D eigenvalue weighted by Gasteiger charge is -2.46. The SMILES string of the molecule is Cc1nn(C)c(C(=O)N2CCC3(CC2)CN(C)C(=O)CO3)c1Cl. The number of carbonyl (C=O) groups excluding carboxylic acids is 2. The molecule has 0 saturated carbocycles. The van der Waals surface area contributed by atoms with Crippen LogP contribution in [-0.4, -0.2) is 70.3 Å². The zero-order valence-electron chi connectivity index (χ0n) is 13.6. The van der Waals surface area contributed by atoms with Crippen molar-refractivity contribution < 1.29 is 14.3 Å². The van der Waals surface area contributed by atoms with E-state index in [1.54, 1.807) is 30.8 Å². The Balaban J connectivity index is 1.69. The van der Waals surface area contributed by atoms with E-state index in [0.29, 0.717) is 48.9 Å². The van der Waals surface area contributed by atoms with Gasteiger partial charge in [-0.25, -0.2) is 0 Å². The topological polar surface area (TPSA) is 67.7 Å². The Morgan fingerprint density at radius 3 is 2.48 bits per heavy atom. The van der Waals surface area contributed by atoms with Crippen LogP contribution >= 0.6 is 11.6 Å². The van der Waals surface area contributed by atoms with Gasteiger partial charge >= 0.3 is 0 Å². The van der Waals surface area contributed by atoms with Crippen LogP contribution in [0, 0.1) is 6.92 Å². The van der Waals surface area contributed by atoms with Crippen molar-refractivity contribution in [2.75, 3.05) is 33.3 Å². The zero-order valence-corrected chi connectivity index (χ0v) is 14.4. The minimum absolute atomic E-state index is 0.00581. The van der Waals surface area contributed by atoms with Crippen molar-refractivity contribution in [1.29, 1.82) is 0 Å². The Kier molecular flexibility index (Phi) is 4.10. The molecular weight excluding hydrogens is 320 g/mol. The lowest BCUT2D eigenvalue weighted by Crippen LogP contribution is -2.58. The average molecular weight is 341 g/mol. The molecule has 0 aliphatic carbocycles. The molecule has 2 fully saturated rings. The summed E-state index contributed by atoms with van der Waals surface area (Å²) < 4.78 is 7.34. The van der Waals surface area contributed by atoms with Crippen molar-refractivity contribution in [3.05, 3.63) is 16.4 Å². The molecule has 1 aromatic heterocycles. The van der Waals surface area contributed by atoms with Gasteiger partial charge in [0.05, 0.1) is 16.3 Å². The number of nitrogens with zero attached hydrogens (tertiary/aromatic N) is 4. The Hall–Kier alpha value is -1.60. The number of aryl methyl sites for hydroxylation is 2. The number of halogens is 1. The molecule has 0 radical (unpaired) electrons. The number of amides is 2. The van der Waals surface area contributed by atoms with Gasteiger partial charge in [0, 0.05) is 33.7 Å². The van der Waals surface area contributed by atoms with Gasteiger partial charge in [0.2, 0.25) is 5.91 Å². The summed E-state index contributed by atoms with van der Waals surface area (Å²) in [6, 6.07) is 0. The molecule has 0 aromatic carbocycles. The van der Waals surface area contributed by atoms with E-state index in [0.717, 1.165) is 0 Å². The molecule has 3 rings (SSSR count). The molecular formula is C15H21ClN4O3. The van der Waals surface area contributed by atoms with E-state index in [1.807, 2.05) is 0 Å². The number of ether oxygens (including phenoxy) is 1. The number of piperidine rings is 1. The monoisotopic (exact) mass is 340 g/mol. The molecule has 7 nitrogen and oxygen atoms in total. The first-order valence-corrected chi connectivity index (χ1v) is 8.07. The van der Waals surface area contributed by atoms with Crippen molar-refractivity contribution in [3.8, 4) is 0 Å². The van der Waals surface area contributed by atoms with Crippen LogP contribution in [0.15, 0.2) is 0 Å². The van der Waals surface area contributed by atoms with E-state index >= 15 is 0 Å². The van der Waals surface area contributed by atoms with Crippen molar-refractivity contribution in [2.45, 2.75) is 25.4 Å². The van der Waals surface area contributed by atoms with E-state index in [2.05, 4.69) is 5.10 Å². The van der Waals surface area contributed by atoms with E-state index in [4.69, 9.17) is 16.3 Å². The van der Waals surface area contributed by atoms with Crippen LogP contribution in [-0.2, 0) is 16.6 Å². The Bertz CT molecular complexity index is 649. The second kappa shape index (κ2) is 5.79. The lowest BCUT2D eigenvalue weighted by molar-refractivity contribution is -0.167. The predicted octanol–water partition coefficient (Wildman–Crippen LogP) is 0.845. The highest BCUT2D eigenvalue weighted by Crippen LogP contribution is 2.31. The highest BCUT2D eigenvalue weighted by atomic mass is 35.5. The highest BCUT2D eigenvalue weighted by Gasteiger charge is 2.42. The first-order valence-electron chi connectivity index (χ1n) is 7.69. The molecule has 2 saturated heterocycles. The maximum atomic E-state index is 12.7. The largest absolute Gasteiger partial charge is 0.363 e. The number of morpholine rings is 1. The molecule has 0 atom stereocenters. The van der Waals surface area contributed by atoms with Gasteiger partial charge in [0.1, 0.15) is 12.3 Å². The smallest absolute Gasteiger partial charge is 0.273 e. The minimum atomic E-state index is -0.328. The van der Waals surface area contributed by atoms with Crippen molar-refractivity contribution in [1.82, 2.24) is 19.6 Å². The lowest BCUT2D eigenvalue weighted by atomic mass is 9.89. The van der Waals surface area contributed by atoms with Gasteiger partial charge in [-0.15, -0.1) is 0 Å². The molecule has 2 aliphatic heterocycles. The maximum absolute atomic E-state index is 12.7. The van der Waals surface area contributed by atoms with E-state index in [-0.39, 0.29) is 24.0 Å². The summed E-state index contributed by atoms with van der Waals surface area (Å²) in [5.74, 6) is -0.0977.